The number of para-hydroxylation sites is 1. The van der Waals surface area contributed by atoms with Crippen molar-refractivity contribution in [3.8, 4) is 0 Å². The molecule has 0 bridgehead atoms. The van der Waals surface area contributed by atoms with Crippen molar-refractivity contribution >= 4 is 21.6 Å². The Labute approximate surface area is 124 Å². The monoisotopic (exact) mass is 325 g/mol. The van der Waals surface area contributed by atoms with Crippen LogP contribution in [-0.4, -0.2) is 44.2 Å². The second-order valence-electron chi connectivity index (χ2n) is 6.02. The molecule has 1 aliphatic heterocycles. The Balaban J connectivity index is 1.84. The van der Waals surface area contributed by atoms with Gasteiger partial charge in [0.1, 0.15) is 0 Å². The molecule has 1 aromatic rings. The number of anilines is 1. The number of piperazine rings is 1. The third-order valence-corrected chi connectivity index (χ3v) is 4.18. The molecule has 0 spiro atoms. The fourth-order valence-corrected chi connectivity index (χ4v) is 2.89. The molecule has 4 heteroatoms. The van der Waals surface area contributed by atoms with Gasteiger partial charge in [-0.3, -0.25) is 0 Å². The molecule has 0 aromatic heterocycles. The summed E-state index contributed by atoms with van der Waals surface area (Å²) < 4.78 is 1.13. The molecule has 1 heterocycles. The van der Waals surface area contributed by atoms with E-state index in [1.807, 2.05) is 6.07 Å². The minimum atomic E-state index is 0.270. The van der Waals surface area contributed by atoms with E-state index in [2.05, 4.69) is 63.5 Å². The van der Waals surface area contributed by atoms with E-state index >= 15 is 0 Å². The molecule has 19 heavy (non-hydrogen) atoms. The van der Waals surface area contributed by atoms with E-state index in [4.69, 9.17) is 0 Å². The number of nitrogens with zero attached hydrogens (tertiary/aromatic N) is 1. The molecule has 106 valence electrons. The Kier molecular flexibility index (Phi) is 5.25. The predicted molar refractivity (Wildman–Crippen MR) is 85.7 cm³/mol. The molecule has 0 atom stereocenters. The van der Waals surface area contributed by atoms with Crippen LogP contribution in [0, 0.1) is 5.41 Å². The van der Waals surface area contributed by atoms with Gasteiger partial charge in [0, 0.05) is 49.4 Å². The zero-order chi connectivity index (χ0) is 13.7. The molecule has 0 aliphatic carbocycles. The number of rotatable bonds is 5. The molecule has 1 saturated heterocycles. The maximum Gasteiger partial charge on any atom is 0.0484 e. The predicted octanol–water partition coefficient (Wildman–Crippen LogP) is 2.79. The Morgan fingerprint density at radius 3 is 2.63 bits per heavy atom. The van der Waals surface area contributed by atoms with Crippen LogP contribution in [0.1, 0.15) is 13.8 Å². The minimum absolute atomic E-state index is 0.270. The highest BCUT2D eigenvalue weighted by molar-refractivity contribution is 9.10. The molecule has 0 amide bonds. The summed E-state index contributed by atoms with van der Waals surface area (Å²) in [6, 6.07) is 8.30. The number of halogens is 1. The van der Waals surface area contributed by atoms with Crippen LogP contribution in [0.4, 0.5) is 5.69 Å². The van der Waals surface area contributed by atoms with Crippen molar-refractivity contribution in [3.05, 3.63) is 28.7 Å². The van der Waals surface area contributed by atoms with E-state index in [1.54, 1.807) is 0 Å². The average molecular weight is 326 g/mol. The molecule has 2 rings (SSSR count). The van der Waals surface area contributed by atoms with Crippen molar-refractivity contribution in [1.82, 2.24) is 10.2 Å². The molecule has 3 nitrogen and oxygen atoms in total. The summed E-state index contributed by atoms with van der Waals surface area (Å²) >= 11 is 3.58. The van der Waals surface area contributed by atoms with Crippen LogP contribution in [0.5, 0.6) is 0 Å². The first kappa shape index (κ1) is 14.8. The first-order valence-corrected chi connectivity index (χ1v) is 7.78. The van der Waals surface area contributed by atoms with Crippen LogP contribution >= 0.6 is 15.9 Å². The van der Waals surface area contributed by atoms with Crippen molar-refractivity contribution in [2.75, 3.05) is 44.6 Å². The molecule has 1 aliphatic rings. The van der Waals surface area contributed by atoms with Gasteiger partial charge in [-0.2, -0.15) is 0 Å². The lowest BCUT2D eigenvalue weighted by Gasteiger charge is -2.35. The summed E-state index contributed by atoms with van der Waals surface area (Å²) in [5.41, 5.74) is 1.45. The third-order valence-electron chi connectivity index (χ3n) is 3.49. The Morgan fingerprint density at radius 1 is 1.26 bits per heavy atom. The van der Waals surface area contributed by atoms with E-state index in [-0.39, 0.29) is 5.41 Å². The van der Waals surface area contributed by atoms with Crippen LogP contribution in [0.15, 0.2) is 28.7 Å². The Morgan fingerprint density at radius 2 is 1.95 bits per heavy atom. The molecular formula is C15H24BrN3. The molecule has 1 fully saturated rings. The van der Waals surface area contributed by atoms with E-state index in [0.29, 0.717) is 0 Å². The standard InChI is InChI=1S/C15H24BrN3/c1-15(2,12-19-9-7-17-8-10-19)11-18-14-6-4-3-5-13(14)16/h3-6,17-18H,7-12H2,1-2H3. The summed E-state index contributed by atoms with van der Waals surface area (Å²) in [5.74, 6) is 0. The van der Waals surface area contributed by atoms with E-state index in [1.165, 1.54) is 18.8 Å². The van der Waals surface area contributed by atoms with Gasteiger partial charge in [0.15, 0.2) is 0 Å². The average Bonchev–Trinajstić information content (AvgIpc) is 2.38. The Hall–Kier alpha value is -0.580. The van der Waals surface area contributed by atoms with E-state index in [9.17, 15) is 0 Å². The van der Waals surface area contributed by atoms with Crippen LogP contribution in [0.25, 0.3) is 0 Å². The lowest BCUT2D eigenvalue weighted by atomic mass is 9.92. The lowest BCUT2D eigenvalue weighted by molar-refractivity contribution is 0.168. The van der Waals surface area contributed by atoms with Crippen molar-refractivity contribution < 1.29 is 0 Å². The highest BCUT2D eigenvalue weighted by Gasteiger charge is 2.22. The van der Waals surface area contributed by atoms with Gasteiger partial charge >= 0.3 is 0 Å². The van der Waals surface area contributed by atoms with Crippen molar-refractivity contribution in [1.29, 1.82) is 0 Å². The fourth-order valence-electron chi connectivity index (χ4n) is 2.47. The second-order valence-corrected chi connectivity index (χ2v) is 6.88. The first-order valence-electron chi connectivity index (χ1n) is 6.98. The van der Waals surface area contributed by atoms with Crippen LogP contribution in [0.2, 0.25) is 0 Å². The number of nitrogens with one attached hydrogen (secondary N) is 2. The molecule has 0 saturated carbocycles. The van der Waals surface area contributed by atoms with Crippen molar-refractivity contribution in [2.45, 2.75) is 13.8 Å². The number of benzene rings is 1. The molecule has 1 aromatic carbocycles. The van der Waals surface area contributed by atoms with Gasteiger partial charge < -0.3 is 15.5 Å². The van der Waals surface area contributed by atoms with Crippen LogP contribution in [-0.2, 0) is 0 Å². The summed E-state index contributed by atoms with van der Waals surface area (Å²) in [7, 11) is 0. The van der Waals surface area contributed by atoms with Gasteiger partial charge in [-0.25, -0.2) is 0 Å². The fraction of sp³-hybridized carbons (Fsp3) is 0.600. The van der Waals surface area contributed by atoms with Crippen molar-refractivity contribution in [2.24, 2.45) is 5.41 Å². The zero-order valence-corrected chi connectivity index (χ0v) is 13.5. The summed E-state index contributed by atoms with van der Waals surface area (Å²) in [5, 5.41) is 6.96. The van der Waals surface area contributed by atoms with E-state index in [0.717, 1.165) is 30.7 Å². The van der Waals surface area contributed by atoms with Crippen LogP contribution in [0.3, 0.4) is 0 Å². The SMILES string of the molecule is CC(C)(CNc1ccccc1Br)CN1CCNCC1. The normalized spacial score (nSPS) is 17.4. The topological polar surface area (TPSA) is 27.3 Å². The van der Waals surface area contributed by atoms with Gasteiger partial charge in [-0.05, 0) is 33.5 Å². The smallest absolute Gasteiger partial charge is 0.0484 e. The summed E-state index contributed by atoms with van der Waals surface area (Å²) in [6.45, 7) is 11.4. The van der Waals surface area contributed by atoms with Gasteiger partial charge in [0.25, 0.3) is 0 Å². The Bertz CT molecular complexity index is 400. The minimum Gasteiger partial charge on any atom is -0.384 e. The quantitative estimate of drug-likeness (QED) is 0.871. The second kappa shape index (κ2) is 6.73. The highest BCUT2D eigenvalue weighted by atomic mass is 79.9. The van der Waals surface area contributed by atoms with Crippen LogP contribution < -0.4 is 10.6 Å². The number of hydrogen-bond acceptors (Lipinski definition) is 3. The largest absolute Gasteiger partial charge is 0.384 e. The molecule has 0 unspecified atom stereocenters. The van der Waals surface area contributed by atoms with Gasteiger partial charge in [-0.15, -0.1) is 0 Å². The first-order chi connectivity index (χ1) is 9.07. The van der Waals surface area contributed by atoms with Gasteiger partial charge in [0.2, 0.25) is 0 Å². The summed E-state index contributed by atoms with van der Waals surface area (Å²) in [4.78, 5) is 2.55. The molecule has 2 N–H and O–H groups in total. The molecular weight excluding hydrogens is 302 g/mol. The highest BCUT2D eigenvalue weighted by Crippen LogP contribution is 2.24. The molecule has 0 radical (unpaired) electrons. The third kappa shape index (κ3) is 4.79. The summed E-state index contributed by atoms with van der Waals surface area (Å²) in [6.07, 6.45) is 0. The van der Waals surface area contributed by atoms with E-state index < -0.39 is 0 Å². The maximum atomic E-state index is 3.58. The lowest BCUT2D eigenvalue weighted by Crippen LogP contribution is -2.48. The van der Waals surface area contributed by atoms with Crippen molar-refractivity contribution in [3.63, 3.8) is 0 Å². The zero-order valence-electron chi connectivity index (χ0n) is 11.9. The van der Waals surface area contributed by atoms with Gasteiger partial charge in [0.05, 0.1) is 0 Å². The maximum absolute atomic E-state index is 3.58. The van der Waals surface area contributed by atoms with Gasteiger partial charge in [-0.1, -0.05) is 26.0 Å². The number of hydrogen-bond donors (Lipinski definition) is 2.